The number of nitrogens with zero attached hydrogens (tertiary/aromatic N) is 2. The molecule has 0 unspecified atom stereocenters. The molecule has 0 spiro atoms. The van der Waals surface area contributed by atoms with E-state index < -0.39 is 48.0 Å². The van der Waals surface area contributed by atoms with Crippen LogP contribution in [0.25, 0.3) is 0 Å². The first-order valence-electron chi connectivity index (χ1n) is 28.9. The van der Waals surface area contributed by atoms with Crippen molar-refractivity contribution in [3.8, 4) is 11.5 Å². The van der Waals surface area contributed by atoms with Crippen molar-refractivity contribution in [3.05, 3.63) is 296 Å². The van der Waals surface area contributed by atoms with Crippen LogP contribution >= 0.6 is 31.9 Å². The number of carbonyl (C=O) groups excluding carboxylic acids is 3. The Hall–Kier alpha value is -8.47. The highest BCUT2D eigenvalue weighted by atomic mass is 79.9. The third-order valence-electron chi connectivity index (χ3n) is 15.7. The molecular formula is C72H65Br2F2N3O8. The quantitative estimate of drug-likeness (QED) is 0.0535. The Morgan fingerprint density at radius 1 is 0.586 bits per heavy atom. The van der Waals surface area contributed by atoms with Gasteiger partial charge in [0.1, 0.15) is 43.0 Å². The molecule has 2 saturated heterocycles. The summed E-state index contributed by atoms with van der Waals surface area (Å²) in [6.45, 7) is 0.775. The number of hydrogen-bond donors (Lipinski definition) is 3. The highest BCUT2D eigenvalue weighted by molar-refractivity contribution is 9.10. The van der Waals surface area contributed by atoms with Gasteiger partial charge in [0.05, 0.1) is 42.2 Å². The Bertz CT molecular complexity index is 3690. The number of cyclic esters (lactones) is 1. The standard InChI is InChI=1S/C41H38BrFN2O5.C31H27BrFNO3/c42-31-18-21-35(38(25-31)49-26-29-12-6-2-7-13-29)39(44-33-14-8-3-9-15-33)36(22-23-37(46)30-16-19-32(43)20-17-30)40(47)45-34(27-50-41(45)48)24-28-10-4-1-5-11-28;32-23-13-16-26(29(19-23)37-20-21-7-3-1-4-8-21)30-27(31(36)34(30)25-9-5-2-6-10-25)17-18-28(35)22-11-14-24(33)15-12-22/h1-21,25,34,36-37,39,44,46H,22-24,26-27H2;1-16,19,27-28,30,35H,17-18,20H2/t34-,36+,37+,39+;27-,28+,30-/m01/s1. The van der Waals surface area contributed by atoms with Gasteiger partial charge in [-0.2, -0.15) is 0 Å². The van der Waals surface area contributed by atoms with Crippen LogP contribution in [-0.4, -0.2) is 45.7 Å². The van der Waals surface area contributed by atoms with Crippen LogP contribution in [0.1, 0.15) is 88.9 Å². The van der Waals surface area contributed by atoms with E-state index >= 15 is 0 Å². The smallest absolute Gasteiger partial charge is 0.416 e. The van der Waals surface area contributed by atoms with E-state index in [9.17, 15) is 33.4 Å². The highest BCUT2D eigenvalue weighted by Crippen LogP contribution is 2.49. The molecule has 0 saturated carbocycles. The predicted molar refractivity (Wildman–Crippen MR) is 340 cm³/mol. The fourth-order valence-electron chi connectivity index (χ4n) is 11.2. The number of amides is 3. The van der Waals surface area contributed by atoms with E-state index in [0.717, 1.165) is 42.6 Å². The van der Waals surface area contributed by atoms with Gasteiger partial charge >= 0.3 is 6.09 Å². The summed E-state index contributed by atoms with van der Waals surface area (Å²) in [6, 6.07) is 70.2. The zero-order valence-electron chi connectivity index (χ0n) is 47.5. The van der Waals surface area contributed by atoms with Gasteiger partial charge in [0, 0.05) is 31.4 Å². The number of ether oxygens (including phenoxy) is 3. The van der Waals surface area contributed by atoms with Gasteiger partial charge in [-0.1, -0.05) is 196 Å². The summed E-state index contributed by atoms with van der Waals surface area (Å²) in [4.78, 5) is 44.8. The van der Waals surface area contributed by atoms with Crippen molar-refractivity contribution < 1.29 is 47.6 Å². The highest BCUT2D eigenvalue weighted by Gasteiger charge is 2.50. The second-order valence-corrected chi connectivity index (χ2v) is 23.4. The first kappa shape index (κ1) is 61.6. The van der Waals surface area contributed by atoms with Gasteiger partial charge in [-0.15, -0.1) is 0 Å². The van der Waals surface area contributed by atoms with Gasteiger partial charge in [0.15, 0.2) is 0 Å². The second kappa shape index (κ2) is 29.8. The summed E-state index contributed by atoms with van der Waals surface area (Å²) in [7, 11) is 0. The van der Waals surface area contributed by atoms with Crippen LogP contribution in [-0.2, 0) is 34.0 Å². The van der Waals surface area contributed by atoms with Crippen LogP contribution in [0.5, 0.6) is 11.5 Å². The Kier molecular flexibility index (Phi) is 21.1. The summed E-state index contributed by atoms with van der Waals surface area (Å²) < 4.78 is 46.9. The molecule has 3 amide bonds. The topological polar surface area (TPSA) is 138 Å². The number of aliphatic hydroxyl groups is 2. The number of carbonyl (C=O) groups is 3. The largest absolute Gasteiger partial charge is 0.489 e. The minimum Gasteiger partial charge on any atom is -0.489 e. The molecule has 444 valence electrons. The van der Waals surface area contributed by atoms with Crippen LogP contribution < -0.4 is 19.7 Å². The predicted octanol–water partition coefficient (Wildman–Crippen LogP) is 16.4. The van der Waals surface area contributed by atoms with Crippen LogP contribution in [0, 0.1) is 23.5 Å². The van der Waals surface area contributed by atoms with E-state index in [1.807, 2.05) is 193 Å². The number of para-hydroxylation sites is 2. The lowest BCUT2D eigenvalue weighted by atomic mass is 9.78. The molecule has 11 rings (SSSR count). The van der Waals surface area contributed by atoms with Crippen molar-refractivity contribution in [2.75, 3.05) is 16.8 Å². The molecule has 9 aromatic rings. The average Bonchev–Trinajstić information content (AvgIpc) is 4.12. The SMILES string of the molecule is O=C1OC[C@H](Cc2ccccc2)N1C(=O)[C@H](CC[C@@H](O)c1ccc(F)cc1)[C@H](Nc1ccccc1)c1ccc(Br)cc1OCc1ccccc1.O=C1[C@H](CC[C@H](O)c2ccc(F)cc2)[C@@H](c2ccc(Br)cc2OCc2ccccc2)N1c1ccccc1. The number of imide groups is 1. The number of halogens is 4. The van der Waals surface area contributed by atoms with Crippen molar-refractivity contribution in [1.29, 1.82) is 0 Å². The maximum atomic E-state index is 14.9. The molecule has 2 aliphatic rings. The van der Waals surface area contributed by atoms with Crippen LogP contribution in [0.3, 0.4) is 0 Å². The Labute approximate surface area is 522 Å². The lowest BCUT2D eigenvalue weighted by Gasteiger charge is -2.48. The van der Waals surface area contributed by atoms with Gasteiger partial charge in [0.25, 0.3) is 0 Å². The minimum atomic E-state index is -0.979. The molecular weight excluding hydrogens is 1230 g/mol. The van der Waals surface area contributed by atoms with Crippen molar-refractivity contribution in [1.82, 2.24) is 4.90 Å². The molecule has 7 atom stereocenters. The second-order valence-electron chi connectivity index (χ2n) is 21.5. The van der Waals surface area contributed by atoms with Crippen molar-refractivity contribution in [3.63, 3.8) is 0 Å². The van der Waals surface area contributed by atoms with Crippen LogP contribution in [0.4, 0.5) is 25.0 Å². The van der Waals surface area contributed by atoms with Crippen molar-refractivity contribution >= 4 is 61.1 Å². The Morgan fingerprint density at radius 2 is 1.08 bits per heavy atom. The number of hydrogen-bond acceptors (Lipinski definition) is 9. The van der Waals surface area contributed by atoms with Gasteiger partial charge in [-0.3, -0.25) is 9.59 Å². The van der Waals surface area contributed by atoms with E-state index in [1.54, 1.807) is 12.1 Å². The van der Waals surface area contributed by atoms with E-state index in [4.69, 9.17) is 14.2 Å². The van der Waals surface area contributed by atoms with Gasteiger partial charge in [-0.05, 0) is 133 Å². The summed E-state index contributed by atoms with van der Waals surface area (Å²) in [5.74, 6) is -1.09. The van der Waals surface area contributed by atoms with E-state index in [1.165, 1.54) is 41.3 Å². The zero-order chi connectivity index (χ0) is 60.7. The van der Waals surface area contributed by atoms with Gasteiger partial charge in [0.2, 0.25) is 11.8 Å². The first-order valence-corrected chi connectivity index (χ1v) is 30.5. The normalized spacial score (nSPS) is 16.7. The number of rotatable bonds is 23. The summed E-state index contributed by atoms with van der Waals surface area (Å²) in [6.07, 6.45) is -0.807. The van der Waals surface area contributed by atoms with E-state index in [2.05, 4.69) is 37.2 Å². The number of β-lactam (4-membered cyclic amide) rings is 1. The monoisotopic (exact) mass is 1300 g/mol. The summed E-state index contributed by atoms with van der Waals surface area (Å²) in [5.41, 5.74) is 7.38. The number of anilines is 2. The molecule has 87 heavy (non-hydrogen) atoms. The molecule has 2 aliphatic heterocycles. The third kappa shape index (κ3) is 15.9. The Balaban J connectivity index is 0.000000201. The molecule has 11 nitrogen and oxygen atoms in total. The fraction of sp³-hybridized carbons (Fsp3) is 0.208. The molecule has 3 N–H and O–H groups in total. The molecule has 0 bridgehead atoms. The molecule has 0 aromatic heterocycles. The van der Waals surface area contributed by atoms with Crippen molar-refractivity contribution in [2.45, 2.75) is 75.7 Å². The molecule has 9 aromatic carbocycles. The van der Waals surface area contributed by atoms with Crippen LogP contribution in [0.15, 0.2) is 246 Å². The first-order chi connectivity index (χ1) is 42.4. The average molecular weight is 1300 g/mol. The number of nitrogens with one attached hydrogen (secondary N) is 1. The lowest BCUT2D eigenvalue weighted by molar-refractivity contribution is -0.134. The molecule has 2 heterocycles. The van der Waals surface area contributed by atoms with Gasteiger partial charge in [-0.25, -0.2) is 18.5 Å². The van der Waals surface area contributed by atoms with Crippen LogP contribution in [0.2, 0.25) is 0 Å². The molecule has 15 heteroatoms. The number of benzene rings is 9. The molecule has 0 radical (unpaired) electrons. The van der Waals surface area contributed by atoms with Gasteiger partial charge < -0.3 is 34.6 Å². The van der Waals surface area contributed by atoms with E-state index in [0.29, 0.717) is 60.7 Å². The molecule has 0 aliphatic carbocycles. The minimum absolute atomic E-state index is 0.0134. The van der Waals surface area contributed by atoms with E-state index in [-0.39, 0.29) is 43.1 Å². The maximum absolute atomic E-state index is 14.9. The van der Waals surface area contributed by atoms with Crippen molar-refractivity contribution in [2.24, 2.45) is 11.8 Å². The Morgan fingerprint density at radius 3 is 1.66 bits per heavy atom. The number of aliphatic hydroxyl groups excluding tert-OH is 2. The summed E-state index contributed by atoms with van der Waals surface area (Å²) >= 11 is 7.15. The fourth-order valence-corrected chi connectivity index (χ4v) is 11.8. The maximum Gasteiger partial charge on any atom is 0.416 e. The zero-order valence-corrected chi connectivity index (χ0v) is 50.6. The summed E-state index contributed by atoms with van der Waals surface area (Å²) in [5, 5.41) is 25.6. The molecule has 2 fully saturated rings. The lowest BCUT2D eigenvalue weighted by Crippen LogP contribution is -2.55. The third-order valence-corrected chi connectivity index (χ3v) is 16.7.